The summed E-state index contributed by atoms with van der Waals surface area (Å²) in [4.78, 5) is 29.3. The van der Waals surface area contributed by atoms with Crippen LogP contribution in [0, 0.1) is 5.92 Å². The van der Waals surface area contributed by atoms with Crippen LogP contribution in [-0.4, -0.2) is 49.1 Å². The van der Waals surface area contributed by atoms with E-state index in [1.54, 1.807) is 49.4 Å². The average molecular weight is 527 g/mol. The lowest BCUT2D eigenvalue weighted by molar-refractivity contribution is -0.237. The zero-order chi connectivity index (χ0) is 27.1. The number of halogens is 3. The topological polar surface area (TPSA) is 83.4 Å². The van der Waals surface area contributed by atoms with E-state index in [0.29, 0.717) is 0 Å². The van der Waals surface area contributed by atoms with Crippen molar-refractivity contribution < 1.29 is 41.7 Å². The Morgan fingerprint density at radius 3 is 1.74 bits per heavy atom. The zero-order valence-electron chi connectivity index (χ0n) is 20.2. The van der Waals surface area contributed by atoms with Crippen LogP contribution in [-0.2, 0) is 18.9 Å². The smallest absolute Gasteiger partial charge is 0.454 e. The molecule has 4 atom stereocenters. The van der Waals surface area contributed by atoms with Gasteiger partial charge in [0, 0.05) is 5.92 Å². The molecule has 4 rings (SSSR count). The maximum absolute atomic E-state index is 13.9. The number of nitrogens with zero attached hydrogens (tertiary/aromatic N) is 1. The molecule has 0 spiro atoms. The molecule has 38 heavy (non-hydrogen) atoms. The quantitative estimate of drug-likeness (QED) is 0.231. The maximum atomic E-state index is 13.9. The van der Waals surface area contributed by atoms with Crippen LogP contribution in [0.25, 0.3) is 0 Å². The van der Waals surface area contributed by atoms with E-state index < -0.39 is 48.4 Å². The Bertz CT molecular complexity index is 1250. The van der Waals surface area contributed by atoms with Gasteiger partial charge >= 0.3 is 18.1 Å². The third kappa shape index (κ3) is 6.77. The molecule has 1 aliphatic rings. The van der Waals surface area contributed by atoms with E-state index in [1.807, 2.05) is 0 Å². The maximum Gasteiger partial charge on any atom is 0.468 e. The van der Waals surface area contributed by atoms with Crippen molar-refractivity contribution in [3.05, 3.63) is 102 Å². The number of alkyl halides is 3. The Hall–Kier alpha value is -4.18. The van der Waals surface area contributed by atoms with Gasteiger partial charge in [-0.3, -0.25) is 0 Å². The molecular formula is C28H24F3NO6. The first-order chi connectivity index (χ1) is 18.2. The second-order valence-corrected chi connectivity index (χ2v) is 8.52. The average Bonchev–Trinajstić information content (AvgIpc) is 2.92. The Labute approximate surface area is 216 Å². The highest BCUT2D eigenvalue weighted by atomic mass is 19.4. The lowest BCUT2D eigenvalue weighted by Crippen LogP contribution is -2.55. The molecule has 1 heterocycles. The van der Waals surface area contributed by atoms with E-state index >= 15 is 0 Å². The van der Waals surface area contributed by atoms with Crippen molar-refractivity contribution in [2.75, 3.05) is 6.61 Å². The summed E-state index contributed by atoms with van der Waals surface area (Å²) < 4.78 is 63.7. The van der Waals surface area contributed by atoms with Gasteiger partial charge in [0.1, 0.15) is 6.10 Å². The summed E-state index contributed by atoms with van der Waals surface area (Å²) in [6.07, 6.45) is -9.48. The molecule has 0 radical (unpaired) electrons. The number of ether oxygens (including phenoxy) is 4. The first-order valence-corrected chi connectivity index (χ1v) is 11.7. The molecule has 3 aromatic carbocycles. The second-order valence-electron chi connectivity index (χ2n) is 8.52. The molecule has 1 unspecified atom stereocenters. The standard InChI is InChI=1S/C28H24F3NO6/c1-18-17-35-26(38-27(28(29,30)31)32-21-15-9-4-10-16-21)23(37-25(34)20-13-7-3-8-14-20)22(18)36-24(33)19-11-5-2-6-12-19/h2-16,18,22-23,26H,17H2,1H3/b32-27+/t18-,22+,23-,26?/m1/s1. The number of hydrogen-bond acceptors (Lipinski definition) is 7. The van der Waals surface area contributed by atoms with Gasteiger partial charge in [0.15, 0.2) is 0 Å². The highest BCUT2D eigenvalue weighted by Gasteiger charge is 2.49. The molecule has 0 saturated carbocycles. The Balaban J connectivity index is 1.66. The summed E-state index contributed by atoms with van der Waals surface area (Å²) >= 11 is 0. The highest BCUT2D eigenvalue weighted by molar-refractivity contribution is 5.90. The zero-order valence-corrected chi connectivity index (χ0v) is 20.2. The fourth-order valence-electron chi connectivity index (χ4n) is 3.74. The molecule has 7 nitrogen and oxygen atoms in total. The first kappa shape index (κ1) is 26.9. The van der Waals surface area contributed by atoms with E-state index in [1.165, 1.54) is 48.5 Å². The van der Waals surface area contributed by atoms with Gasteiger partial charge in [-0.05, 0) is 36.4 Å². The number of para-hydroxylation sites is 1. The van der Waals surface area contributed by atoms with Gasteiger partial charge in [-0.25, -0.2) is 14.6 Å². The number of carbonyl (C=O) groups is 2. The molecule has 1 aliphatic heterocycles. The first-order valence-electron chi connectivity index (χ1n) is 11.7. The number of benzene rings is 3. The van der Waals surface area contributed by atoms with Crippen molar-refractivity contribution in [2.45, 2.75) is 31.6 Å². The van der Waals surface area contributed by atoms with Crippen LogP contribution in [0.2, 0.25) is 0 Å². The summed E-state index contributed by atoms with van der Waals surface area (Å²) in [5.41, 5.74) is 0.360. The number of esters is 2. The fourth-order valence-corrected chi connectivity index (χ4v) is 3.74. The van der Waals surface area contributed by atoms with E-state index in [0.717, 1.165) is 0 Å². The van der Waals surface area contributed by atoms with Crippen LogP contribution in [0.15, 0.2) is 96.0 Å². The van der Waals surface area contributed by atoms with Crippen molar-refractivity contribution in [1.82, 2.24) is 0 Å². The summed E-state index contributed by atoms with van der Waals surface area (Å²) in [5, 5.41) is 0. The number of carbonyl (C=O) groups excluding carboxylic acids is 2. The summed E-state index contributed by atoms with van der Waals surface area (Å²) in [5.74, 6) is -3.73. The molecule has 0 N–H and O–H groups in total. The molecule has 1 fully saturated rings. The van der Waals surface area contributed by atoms with Gasteiger partial charge in [0.05, 0.1) is 23.4 Å². The molecule has 10 heteroatoms. The monoisotopic (exact) mass is 527 g/mol. The van der Waals surface area contributed by atoms with E-state index in [2.05, 4.69) is 4.99 Å². The van der Waals surface area contributed by atoms with Gasteiger partial charge in [0.2, 0.25) is 12.4 Å². The molecule has 198 valence electrons. The van der Waals surface area contributed by atoms with Crippen LogP contribution < -0.4 is 0 Å². The van der Waals surface area contributed by atoms with Gasteiger partial charge < -0.3 is 18.9 Å². The van der Waals surface area contributed by atoms with Gasteiger partial charge in [-0.1, -0.05) is 61.5 Å². The molecular weight excluding hydrogens is 503 g/mol. The van der Waals surface area contributed by atoms with Gasteiger partial charge in [0.25, 0.3) is 5.90 Å². The number of aliphatic imine (C=N–C) groups is 1. The Morgan fingerprint density at radius 1 is 0.763 bits per heavy atom. The highest BCUT2D eigenvalue weighted by Crippen LogP contribution is 2.31. The van der Waals surface area contributed by atoms with Crippen LogP contribution in [0.4, 0.5) is 18.9 Å². The van der Waals surface area contributed by atoms with Gasteiger partial charge in [-0.15, -0.1) is 0 Å². The van der Waals surface area contributed by atoms with E-state index in [-0.39, 0.29) is 23.4 Å². The molecule has 0 aromatic heterocycles. The lowest BCUT2D eigenvalue weighted by atomic mass is 9.96. The molecule has 3 aromatic rings. The number of hydrogen-bond donors (Lipinski definition) is 0. The molecule has 0 aliphatic carbocycles. The second kappa shape index (κ2) is 11.9. The summed E-state index contributed by atoms with van der Waals surface area (Å²) in [6.45, 7) is 1.53. The SMILES string of the molecule is C[C@@H]1COC(O/C(=N/c2ccccc2)C(F)(F)F)[C@H](OC(=O)c2ccccc2)[C@H]1OC(=O)c1ccccc1. The van der Waals surface area contributed by atoms with Crippen LogP contribution in [0.3, 0.4) is 0 Å². The summed E-state index contributed by atoms with van der Waals surface area (Å²) in [7, 11) is 0. The molecule has 1 saturated heterocycles. The molecule has 0 amide bonds. The minimum atomic E-state index is -4.99. The Morgan fingerprint density at radius 2 is 1.24 bits per heavy atom. The van der Waals surface area contributed by atoms with Crippen molar-refractivity contribution in [3.8, 4) is 0 Å². The van der Waals surface area contributed by atoms with Crippen LogP contribution in [0.5, 0.6) is 0 Å². The van der Waals surface area contributed by atoms with Crippen LogP contribution >= 0.6 is 0 Å². The minimum Gasteiger partial charge on any atom is -0.454 e. The summed E-state index contributed by atoms with van der Waals surface area (Å²) in [6, 6.07) is 23.3. The van der Waals surface area contributed by atoms with E-state index in [9.17, 15) is 22.8 Å². The van der Waals surface area contributed by atoms with Gasteiger partial charge in [-0.2, -0.15) is 13.2 Å². The third-order valence-electron chi connectivity index (χ3n) is 5.64. The van der Waals surface area contributed by atoms with Crippen molar-refractivity contribution in [2.24, 2.45) is 10.9 Å². The Kier molecular flexibility index (Phi) is 8.42. The third-order valence-corrected chi connectivity index (χ3v) is 5.64. The number of rotatable bonds is 6. The van der Waals surface area contributed by atoms with E-state index in [4.69, 9.17) is 18.9 Å². The van der Waals surface area contributed by atoms with Crippen molar-refractivity contribution in [3.63, 3.8) is 0 Å². The van der Waals surface area contributed by atoms with Crippen molar-refractivity contribution in [1.29, 1.82) is 0 Å². The normalized spacial score (nSPS) is 21.8. The van der Waals surface area contributed by atoms with Crippen molar-refractivity contribution >= 4 is 23.5 Å². The molecule has 0 bridgehead atoms. The largest absolute Gasteiger partial charge is 0.468 e. The van der Waals surface area contributed by atoms with Crippen LogP contribution in [0.1, 0.15) is 27.6 Å². The predicted octanol–water partition coefficient (Wildman–Crippen LogP) is 5.74. The minimum absolute atomic E-state index is 0.00566. The fraction of sp³-hybridized carbons (Fsp3) is 0.250. The lowest BCUT2D eigenvalue weighted by Gasteiger charge is -2.40. The predicted molar refractivity (Wildman–Crippen MR) is 131 cm³/mol.